The van der Waals surface area contributed by atoms with Crippen LogP contribution in [0.15, 0.2) is 30.3 Å². The van der Waals surface area contributed by atoms with Gasteiger partial charge in [-0.15, -0.1) is 0 Å². The Morgan fingerprint density at radius 1 is 1.10 bits per heavy atom. The third-order valence-corrected chi connectivity index (χ3v) is 4.81. The average Bonchev–Trinajstić information content (AvgIpc) is 2.93. The molecule has 1 atom stereocenters. The average molecular weight is 265 g/mol. The molecular formula is C18H19NO. The number of piperidine rings is 1. The molecule has 1 fully saturated rings. The number of hydrogen-bond donors (Lipinski definition) is 1. The Morgan fingerprint density at radius 3 is 2.75 bits per heavy atom. The van der Waals surface area contributed by atoms with E-state index in [-0.39, 0.29) is 5.92 Å². The molecule has 1 heterocycles. The second-order valence-electron chi connectivity index (χ2n) is 6.02. The maximum Gasteiger partial charge on any atom is 0.167 e. The van der Waals surface area contributed by atoms with E-state index < -0.39 is 0 Å². The first-order chi connectivity index (χ1) is 9.84. The van der Waals surface area contributed by atoms with Crippen LogP contribution in [0.4, 0.5) is 0 Å². The number of aryl methyl sites for hydroxylation is 2. The third kappa shape index (κ3) is 1.79. The van der Waals surface area contributed by atoms with Crippen molar-refractivity contribution in [1.29, 1.82) is 0 Å². The lowest BCUT2D eigenvalue weighted by Gasteiger charge is -2.22. The van der Waals surface area contributed by atoms with Crippen molar-refractivity contribution in [3.8, 4) is 0 Å². The Kier molecular flexibility index (Phi) is 2.85. The predicted molar refractivity (Wildman–Crippen MR) is 81.3 cm³/mol. The molecule has 2 aromatic rings. The summed E-state index contributed by atoms with van der Waals surface area (Å²) in [6.45, 7) is 1.88. The summed E-state index contributed by atoms with van der Waals surface area (Å²) < 4.78 is 0. The molecule has 1 N–H and O–H groups in total. The number of rotatable bonds is 2. The van der Waals surface area contributed by atoms with Crippen LogP contribution in [0.5, 0.6) is 0 Å². The van der Waals surface area contributed by atoms with Crippen molar-refractivity contribution in [3.63, 3.8) is 0 Å². The van der Waals surface area contributed by atoms with E-state index in [0.29, 0.717) is 5.78 Å². The van der Waals surface area contributed by atoms with Crippen LogP contribution >= 0.6 is 0 Å². The summed E-state index contributed by atoms with van der Waals surface area (Å²) in [5.41, 5.74) is 3.75. The first-order valence-corrected chi connectivity index (χ1v) is 7.63. The van der Waals surface area contributed by atoms with Gasteiger partial charge in [-0.25, -0.2) is 0 Å². The quantitative estimate of drug-likeness (QED) is 0.845. The summed E-state index contributed by atoms with van der Waals surface area (Å²) >= 11 is 0. The van der Waals surface area contributed by atoms with E-state index in [4.69, 9.17) is 0 Å². The molecule has 2 aromatic carbocycles. The van der Waals surface area contributed by atoms with E-state index in [1.165, 1.54) is 21.9 Å². The van der Waals surface area contributed by atoms with Crippen LogP contribution in [0.3, 0.4) is 0 Å². The molecule has 1 aliphatic heterocycles. The second-order valence-corrected chi connectivity index (χ2v) is 6.02. The van der Waals surface area contributed by atoms with E-state index in [1.807, 2.05) is 0 Å². The molecule has 20 heavy (non-hydrogen) atoms. The highest BCUT2D eigenvalue weighted by Crippen LogP contribution is 2.34. The van der Waals surface area contributed by atoms with E-state index in [2.05, 4.69) is 35.6 Å². The normalized spacial score (nSPS) is 21.3. The fourth-order valence-corrected chi connectivity index (χ4v) is 3.76. The number of nitrogens with one attached hydrogen (secondary N) is 1. The van der Waals surface area contributed by atoms with Gasteiger partial charge in [0.2, 0.25) is 0 Å². The maximum absolute atomic E-state index is 12.8. The third-order valence-electron chi connectivity index (χ3n) is 4.81. The molecule has 0 amide bonds. The van der Waals surface area contributed by atoms with Crippen LogP contribution in [0.1, 0.15) is 34.3 Å². The van der Waals surface area contributed by atoms with Crippen molar-refractivity contribution in [3.05, 3.63) is 47.0 Å². The van der Waals surface area contributed by atoms with Crippen molar-refractivity contribution in [2.75, 3.05) is 13.1 Å². The maximum atomic E-state index is 12.8. The molecule has 2 aliphatic rings. The molecule has 0 saturated carbocycles. The molecule has 0 aromatic heterocycles. The number of hydrogen-bond acceptors (Lipinski definition) is 2. The van der Waals surface area contributed by atoms with Crippen molar-refractivity contribution < 1.29 is 4.79 Å². The van der Waals surface area contributed by atoms with Crippen LogP contribution in [-0.4, -0.2) is 18.9 Å². The zero-order chi connectivity index (χ0) is 13.5. The van der Waals surface area contributed by atoms with Gasteiger partial charge < -0.3 is 5.32 Å². The molecule has 102 valence electrons. The zero-order valence-electron chi connectivity index (χ0n) is 11.6. The highest BCUT2D eigenvalue weighted by Gasteiger charge is 2.25. The van der Waals surface area contributed by atoms with E-state index in [0.717, 1.165) is 44.3 Å². The van der Waals surface area contributed by atoms with Gasteiger partial charge in [-0.1, -0.05) is 30.3 Å². The van der Waals surface area contributed by atoms with Gasteiger partial charge in [-0.3, -0.25) is 4.79 Å². The molecule has 2 heteroatoms. The predicted octanol–water partition coefficient (Wildman–Crippen LogP) is 3.12. The summed E-state index contributed by atoms with van der Waals surface area (Å²) in [7, 11) is 0. The fraction of sp³-hybridized carbons (Fsp3) is 0.389. The van der Waals surface area contributed by atoms with Crippen LogP contribution in [0, 0.1) is 5.92 Å². The molecule has 0 bridgehead atoms. The minimum Gasteiger partial charge on any atom is -0.316 e. The lowest BCUT2D eigenvalue weighted by Crippen LogP contribution is -2.34. The van der Waals surface area contributed by atoms with Crippen LogP contribution in [0.25, 0.3) is 10.8 Å². The minimum absolute atomic E-state index is 0.155. The summed E-state index contributed by atoms with van der Waals surface area (Å²) in [6.07, 6.45) is 4.37. The lowest BCUT2D eigenvalue weighted by molar-refractivity contribution is 0.0901. The second kappa shape index (κ2) is 4.71. The highest BCUT2D eigenvalue weighted by molar-refractivity contribution is 6.11. The van der Waals surface area contributed by atoms with Gasteiger partial charge in [0.15, 0.2) is 5.78 Å². The Bertz CT molecular complexity index is 673. The minimum atomic E-state index is 0.155. The smallest absolute Gasteiger partial charge is 0.167 e. The Balaban J connectivity index is 1.82. The summed E-state index contributed by atoms with van der Waals surface area (Å²) in [5, 5.41) is 5.87. The standard InChI is InChI=1S/C18H19NO/c20-18(14-4-2-10-19-11-14)16-9-8-13-7-6-12-3-1-5-15(16)17(12)13/h1,3,5,8-9,14,19H,2,4,6-7,10-11H2. The zero-order valence-corrected chi connectivity index (χ0v) is 11.6. The molecule has 1 saturated heterocycles. The van der Waals surface area contributed by atoms with Gasteiger partial charge in [0, 0.05) is 18.0 Å². The van der Waals surface area contributed by atoms with Crippen molar-refractivity contribution in [1.82, 2.24) is 5.32 Å². The molecule has 2 nitrogen and oxygen atoms in total. The van der Waals surface area contributed by atoms with E-state index in [1.54, 1.807) is 0 Å². The SMILES string of the molecule is O=C(c1ccc2c3c(cccc13)CC2)C1CCCNC1. The summed E-state index contributed by atoms with van der Waals surface area (Å²) in [6, 6.07) is 10.7. The summed E-state index contributed by atoms with van der Waals surface area (Å²) in [5.74, 6) is 0.481. The molecule has 4 rings (SSSR count). The Morgan fingerprint density at radius 2 is 1.95 bits per heavy atom. The highest BCUT2D eigenvalue weighted by atomic mass is 16.1. The number of benzene rings is 2. The van der Waals surface area contributed by atoms with Gasteiger partial charge in [0.25, 0.3) is 0 Å². The number of Topliss-reactive ketones (excluding diaryl/α,β-unsaturated/α-hetero) is 1. The van der Waals surface area contributed by atoms with Crippen LogP contribution in [-0.2, 0) is 12.8 Å². The molecule has 1 unspecified atom stereocenters. The van der Waals surface area contributed by atoms with Gasteiger partial charge in [-0.05, 0) is 54.1 Å². The van der Waals surface area contributed by atoms with Crippen LogP contribution < -0.4 is 5.32 Å². The van der Waals surface area contributed by atoms with Crippen molar-refractivity contribution in [2.45, 2.75) is 25.7 Å². The van der Waals surface area contributed by atoms with Gasteiger partial charge in [-0.2, -0.15) is 0 Å². The van der Waals surface area contributed by atoms with Crippen molar-refractivity contribution >= 4 is 16.6 Å². The molecule has 1 aliphatic carbocycles. The Labute approximate surface area is 119 Å². The number of ketones is 1. The largest absolute Gasteiger partial charge is 0.316 e. The van der Waals surface area contributed by atoms with E-state index >= 15 is 0 Å². The topological polar surface area (TPSA) is 29.1 Å². The van der Waals surface area contributed by atoms with Gasteiger partial charge in [0.05, 0.1) is 0 Å². The first kappa shape index (κ1) is 12.1. The summed E-state index contributed by atoms with van der Waals surface area (Å²) in [4.78, 5) is 12.8. The molecule has 0 radical (unpaired) electrons. The fourth-order valence-electron chi connectivity index (χ4n) is 3.76. The number of carbonyl (C=O) groups excluding carboxylic acids is 1. The van der Waals surface area contributed by atoms with Gasteiger partial charge in [0.1, 0.15) is 0 Å². The molecular weight excluding hydrogens is 246 g/mol. The van der Waals surface area contributed by atoms with E-state index in [9.17, 15) is 4.79 Å². The molecule has 0 spiro atoms. The lowest BCUT2D eigenvalue weighted by atomic mass is 9.88. The monoisotopic (exact) mass is 265 g/mol. The van der Waals surface area contributed by atoms with Crippen molar-refractivity contribution in [2.24, 2.45) is 5.92 Å². The van der Waals surface area contributed by atoms with Gasteiger partial charge >= 0.3 is 0 Å². The first-order valence-electron chi connectivity index (χ1n) is 7.63. The Hall–Kier alpha value is -1.67. The van der Waals surface area contributed by atoms with Crippen LogP contribution in [0.2, 0.25) is 0 Å². The number of carbonyl (C=O) groups is 1.